The molecule has 7 nitrogen and oxygen atoms in total. The van der Waals surface area contributed by atoms with Crippen molar-refractivity contribution in [2.75, 3.05) is 52.2 Å². The predicted octanol–water partition coefficient (Wildman–Crippen LogP) is 3.50. The standard InChI is InChI=1S/C26H31N5O2/c1-19-18-24(27-13-12-20-4-10-23(33-3)11-5-20)29-25(28-19)21-6-8-22(9-7-21)26(32)31-16-14-30(2)15-17-31/h4-11,18H,12-17H2,1-3H3,(H,27,28,29). The SMILES string of the molecule is COc1ccc(CCNc2cc(C)nc(-c3ccc(C(=O)N4CCN(C)CC4)cc3)n2)cc1. The van der Waals surface area contributed by atoms with Gasteiger partial charge in [0.25, 0.3) is 5.91 Å². The molecule has 172 valence electrons. The molecule has 0 atom stereocenters. The van der Waals surface area contributed by atoms with Crippen LogP contribution in [0.25, 0.3) is 11.4 Å². The Labute approximate surface area is 195 Å². The van der Waals surface area contributed by atoms with Gasteiger partial charge in [0.2, 0.25) is 0 Å². The van der Waals surface area contributed by atoms with Crippen LogP contribution in [0.4, 0.5) is 5.82 Å². The number of hydrogen-bond acceptors (Lipinski definition) is 6. The first-order valence-electron chi connectivity index (χ1n) is 11.3. The van der Waals surface area contributed by atoms with Crippen molar-refractivity contribution in [3.63, 3.8) is 0 Å². The molecule has 7 heteroatoms. The van der Waals surface area contributed by atoms with Crippen molar-refractivity contribution in [3.8, 4) is 17.1 Å². The second-order valence-electron chi connectivity index (χ2n) is 8.42. The molecule has 0 bridgehead atoms. The van der Waals surface area contributed by atoms with Crippen LogP contribution in [-0.4, -0.2) is 72.6 Å². The molecule has 33 heavy (non-hydrogen) atoms. The Balaban J connectivity index is 1.39. The molecular formula is C26H31N5O2. The Morgan fingerprint density at radius 3 is 2.36 bits per heavy atom. The van der Waals surface area contributed by atoms with E-state index in [1.54, 1.807) is 7.11 Å². The number of piperazine rings is 1. The molecule has 1 aromatic heterocycles. The Morgan fingerprint density at radius 2 is 1.70 bits per heavy atom. The number of aromatic nitrogens is 2. The van der Waals surface area contributed by atoms with Gasteiger partial charge in [-0.2, -0.15) is 0 Å². The Morgan fingerprint density at radius 1 is 1.00 bits per heavy atom. The smallest absolute Gasteiger partial charge is 0.253 e. The second kappa shape index (κ2) is 10.4. The normalized spacial score (nSPS) is 14.2. The lowest BCUT2D eigenvalue weighted by Gasteiger charge is -2.32. The summed E-state index contributed by atoms with van der Waals surface area (Å²) in [7, 11) is 3.76. The van der Waals surface area contributed by atoms with Crippen LogP contribution in [0, 0.1) is 6.92 Å². The van der Waals surface area contributed by atoms with E-state index in [9.17, 15) is 4.79 Å². The zero-order valence-electron chi connectivity index (χ0n) is 19.5. The van der Waals surface area contributed by atoms with E-state index in [-0.39, 0.29) is 5.91 Å². The second-order valence-corrected chi connectivity index (χ2v) is 8.42. The number of nitrogens with one attached hydrogen (secondary N) is 1. The highest BCUT2D eigenvalue weighted by Crippen LogP contribution is 2.20. The van der Waals surface area contributed by atoms with Gasteiger partial charge in [0.05, 0.1) is 7.11 Å². The number of nitrogens with zero attached hydrogens (tertiary/aromatic N) is 4. The van der Waals surface area contributed by atoms with Gasteiger partial charge in [0.1, 0.15) is 11.6 Å². The fourth-order valence-corrected chi connectivity index (χ4v) is 3.87. The average molecular weight is 446 g/mol. The fraction of sp³-hybridized carbons (Fsp3) is 0.346. The molecule has 4 rings (SSSR count). The van der Waals surface area contributed by atoms with Crippen molar-refractivity contribution in [3.05, 3.63) is 71.4 Å². The molecule has 1 amide bonds. The maximum atomic E-state index is 12.8. The number of ether oxygens (including phenoxy) is 1. The molecular weight excluding hydrogens is 414 g/mol. The van der Waals surface area contributed by atoms with Gasteiger partial charge in [-0.15, -0.1) is 0 Å². The highest BCUT2D eigenvalue weighted by molar-refractivity contribution is 5.94. The van der Waals surface area contributed by atoms with Gasteiger partial charge in [0.15, 0.2) is 5.82 Å². The molecule has 0 radical (unpaired) electrons. The molecule has 1 fully saturated rings. The van der Waals surface area contributed by atoms with Gasteiger partial charge < -0.3 is 19.9 Å². The summed E-state index contributed by atoms with van der Waals surface area (Å²) in [6.07, 6.45) is 0.880. The van der Waals surface area contributed by atoms with Crippen LogP contribution >= 0.6 is 0 Å². The molecule has 1 aliphatic heterocycles. The molecule has 1 saturated heterocycles. The maximum Gasteiger partial charge on any atom is 0.253 e. The van der Waals surface area contributed by atoms with Gasteiger partial charge in [0, 0.05) is 55.6 Å². The zero-order valence-corrected chi connectivity index (χ0v) is 19.5. The number of benzene rings is 2. The van der Waals surface area contributed by atoms with Crippen molar-refractivity contribution in [2.24, 2.45) is 0 Å². The van der Waals surface area contributed by atoms with E-state index in [0.29, 0.717) is 11.4 Å². The van der Waals surface area contributed by atoms with Crippen LogP contribution in [0.2, 0.25) is 0 Å². The van der Waals surface area contributed by atoms with Gasteiger partial charge in [-0.05, 0) is 50.2 Å². The van der Waals surface area contributed by atoms with E-state index in [1.165, 1.54) is 5.56 Å². The summed E-state index contributed by atoms with van der Waals surface area (Å²) in [5.74, 6) is 2.39. The summed E-state index contributed by atoms with van der Waals surface area (Å²) >= 11 is 0. The van der Waals surface area contributed by atoms with Crippen LogP contribution in [0.5, 0.6) is 5.75 Å². The van der Waals surface area contributed by atoms with Crippen molar-refractivity contribution in [1.82, 2.24) is 19.8 Å². The number of carbonyl (C=O) groups is 1. The third kappa shape index (κ3) is 5.87. The van der Waals surface area contributed by atoms with Crippen molar-refractivity contribution >= 4 is 11.7 Å². The minimum atomic E-state index is 0.0840. The van der Waals surface area contributed by atoms with Crippen molar-refractivity contribution in [2.45, 2.75) is 13.3 Å². The molecule has 1 N–H and O–H groups in total. The lowest BCUT2D eigenvalue weighted by atomic mass is 10.1. The minimum absolute atomic E-state index is 0.0840. The molecule has 0 saturated carbocycles. The summed E-state index contributed by atoms with van der Waals surface area (Å²) in [5.41, 5.74) is 3.72. The van der Waals surface area contributed by atoms with Gasteiger partial charge in [-0.1, -0.05) is 24.3 Å². The zero-order chi connectivity index (χ0) is 23.2. The minimum Gasteiger partial charge on any atom is -0.497 e. The quantitative estimate of drug-likeness (QED) is 0.600. The van der Waals surface area contributed by atoms with E-state index in [1.807, 2.05) is 54.3 Å². The number of aryl methyl sites for hydroxylation is 1. The highest BCUT2D eigenvalue weighted by atomic mass is 16.5. The van der Waals surface area contributed by atoms with E-state index < -0.39 is 0 Å². The van der Waals surface area contributed by atoms with Crippen LogP contribution in [0.15, 0.2) is 54.6 Å². The predicted molar refractivity (Wildman–Crippen MR) is 131 cm³/mol. The lowest BCUT2D eigenvalue weighted by Crippen LogP contribution is -2.47. The number of amides is 1. The third-order valence-corrected chi connectivity index (χ3v) is 5.91. The lowest BCUT2D eigenvalue weighted by molar-refractivity contribution is 0.0664. The molecule has 2 aromatic carbocycles. The Kier molecular flexibility index (Phi) is 7.19. The van der Waals surface area contributed by atoms with Gasteiger partial charge in [-0.3, -0.25) is 4.79 Å². The Bertz CT molecular complexity index is 1070. The number of likely N-dealkylation sites (N-methyl/N-ethyl adjacent to an activating group) is 1. The topological polar surface area (TPSA) is 70.6 Å². The molecule has 2 heterocycles. The largest absolute Gasteiger partial charge is 0.497 e. The fourth-order valence-electron chi connectivity index (χ4n) is 3.87. The first kappa shape index (κ1) is 22.7. The maximum absolute atomic E-state index is 12.8. The van der Waals surface area contributed by atoms with Gasteiger partial charge >= 0.3 is 0 Å². The van der Waals surface area contributed by atoms with Crippen molar-refractivity contribution in [1.29, 1.82) is 0 Å². The number of anilines is 1. The number of hydrogen-bond donors (Lipinski definition) is 1. The van der Waals surface area contributed by atoms with Crippen molar-refractivity contribution < 1.29 is 9.53 Å². The van der Waals surface area contributed by atoms with Crippen LogP contribution in [-0.2, 0) is 6.42 Å². The van der Waals surface area contributed by atoms with E-state index in [2.05, 4.69) is 34.4 Å². The molecule has 0 unspecified atom stereocenters. The number of methoxy groups -OCH3 is 1. The first-order valence-corrected chi connectivity index (χ1v) is 11.3. The molecule has 0 aliphatic carbocycles. The summed E-state index contributed by atoms with van der Waals surface area (Å²) in [4.78, 5) is 26.2. The summed E-state index contributed by atoms with van der Waals surface area (Å²) < 4.78 is 5.21. The third-order valence-electron chi connectivity index (χ3n) is 5.91. The van der Waals surface area contributed by atoms with E-state index in [4.69, 9.17) is 9.72 Å². The van der Waals surface area contributed by atoms with E-state index in [0.717, 1.165) is 62.0 Å². The Hall–Kier alpha value is -3.45. The number of rotatable bonds is 7. The first-order chi connectivity index (χ1) is 16.0. The van der Waals surface area contributed by atoms with Crippen LogP contribution in [0.1, 0.15) is 21.6 Å². The van der Waals surface area contributed by atoms with Crippen LogP contribution in [0.3, 0.4) is 0 Å². The average Bonchev–Trinajstić information content (AvgIpc) is 2.84. The summed E-state index contributed by atoms with van der Waals surface area (Å²) in [6, 6.07) is 17.6. The summed E-state index contributed by atoms with van der Waals surface area (Å²) in [6.45, 7) is 6.09. The molecule has 0 spiro atoms. The van der Waals surface area contributed by atoms with Gasteiger partial charge in [-0.25, -0.2) is 9.97 Å². The molecule has 1 aliphatic rings. The highest BCUT2D eigenvalue weighted by Gasteiger charge is 2.20. The van der Waals surface area contributed by atoms with Crippen LogP contribution < -0.4 is 10.1 Å². The monoisotopic (exact) mass is 445 g/mol. The van der Waals surface area contributed by atoms with E-state index >= 15 is 0 Å². The number of carbonyl (C=O) groups excluding carboxylic acids is 1. The summed E-state index contributed by atoms with van der Waals surface area (Å²) in [5, 5.41) is 3.40. The molecule has 3 aromatic rings.